The first kappa shape index (κ1) is 40.1. The van der Waals surface area contributed by atoms with Crippen LogP contribution in [0.5, 0.6) is 0 Å². The van der Waals surface area contributed by atoms with E-state index in [4.69, 9.17) is 9.47 Å². The zero-order valence-corrected chi connectivity index (χ0v) is 29.2. The number of alkyl carbamates (subject to hydrolysis) is 2. The second kappa shape index (κ2) is 17.9. The summed E-state index contributed by atoms with van der Waals surface area (Å²) in [5.74, 6) is 0. The SMILES string of the molecule is C.Cc1cc(Cc2ccccc2)[nH]c(=O)c1CNC(=O)OC(C)(C)C.Cc1cc(Cc2ccccc2)c(CNC(=O)OC(C)(C)C)c(=O)[nH]1. The van der Waals surface area contributed by atoms with Crippen LogP contribution in [-0.2, 0) is 35.4 Å². The molecule has 2 heterocycles. The van der Waals surface area contributed by atoms with Gasteiger partial charge in [0.25, 0.3) is 11.1 Å². The highest BCUT2D eigenvalue weighted by atomic mass is 16.6. The number of ether oxygens (including phenoxy) is 2. The highest BCUT2D eigenvalue weighted by Gasteiger charge is 2.18. The van der Waals surface area contributed by atoms with E-state index in [1.807, 2.05) is 86.6 Å². The van der Waals surface area contributed by atoms with E-state index in [0.29, 0.717) is 24.0 Å². The van der Waals surface area contributed by atoms with Crippen LogP contribution >= 0.6 is 0 Å². The van der Waals surface area contributed by atoms with Gasteiger partial charge in [0.1, 0.15) is 11.2 Å². The summed E-state index contributed by atoms with van der Waals surface area (Å²) in [6.45, 7) is 14.8. The fraction of sp³-hybridized carbons (Fsp3) is 0.385. The minimum absolute atomic E-state index is 0. The van der Waals surface area contributed by atoms with Crippen molar-refractivity contribution in [3.63, 3.8) is 0 Å². The van der Waals surface area contributed by atoms with Crippen molar-refractivity contribution in [1.82, 2.24) is 20.6 Å². The Bertz CT molecular complexity index is 1780. The summed E-state index contributed by atoms with van der Waals surface area (Å²) in [7, 11) is 0. The molecule has 0 fully saturated rings. The van der Waals surface area contributed by atoms with Crippen LogP contribution in [0.25, 0.3) is 0 Å². The lowest BCUT2D eigenvalue weighted by Gasteiger charge is -2.20. The van der Waals surface area contributed by atoms with Crippen LogP contribution in [0.1, 0.15) is 93.7 Å². The van der Waals surface area contributed by atoms with E-state index in [1.165, 1.54) is 0 Å². The molecule has 264 valence electrons. The predicted molar refractivity (Wildman–Crippen MR) is 195 cm³/mol. The van der Waals surface area contributed by atoms with Gasteiger partial charge in [-0.2, -0.15) is 0 Å². The highest BCUT2D eigenvalue weighted by Crippen LogP contribution is 2.14. The molecule has 0 aliphatic carbocycles. The smallest absolute Gasteiger partial charge is 0.407 e. The number of benzene rings is 2. The Morgan fingerprint density at radius 1 is 0.653 bits per heavy atom. The quantitative estimate of drug-likeness (QED) is 0.156. The minimum atomic E-state index is -0.573. The van der Waals surface area contributed by atoms with Crippen molar-refractivity contribution in [3.8, 4) is 0 Å². The van der Waals surface area contributed by atoms with E-state index in [9.17, 15) is 19.2 Å². The standard InChI is InChI=1S/2C19H24N2O3.CH4/c1-13-10-15(11-14-8-6-5-7-9-14)16(17(22)21-13)12-20-18(23)24-19(2,3)4;1-13-10-15(11-14-8-6-5-7-9-14)21-17(22)16(13)12-20-18(23)24-19(2,3)4;/h2*5-10H,11-12H2,1-4H3,(H,20,23)(H,21,22);1H4. The predicted octanol–water partition coefficient (Wildman–Crippen LogP) is 7.23. The zero-order chi connectivity index (χ0) is 35.5. The lowest BCUT2D eigenvalue weighted by atomic mass is 10.0. The average molecular weight is 673 g/mol. The third kappa shape index (κ3) is 14.3. The van der Waals surface area contributed by atoms with Gasteiger partial charge < -0.3 is 30.1 Å². The van der Waals surface area contributed by atoms with Crippen LogP contribution in [-0.4, -0.2) is 33.4 Å². The van der Waals surface area contributed by atoms with Gasteiger partial charge in [-0.15, -0.1) is 0 Å². The molecule has 0 aliphatic rings. The number of hydrogen-bond donors (Lipinski definition) is 4. The van der Waals surface area contributed by atoms with Crippen molar-refractivity contribution in [2.45, 2.75) is 99.9 Å². The first-order valence-electron chi connectivity index (χ1n) is 15.9. The van der Waals surface area contributed by atoms with E-state index in [2.05, 4.69) is 20.6 Å². The molecule has 2 aromatic heterocycles. The average Bonchev–Trinajstić information content (AvgIpc) is 2.96. The molecule has 0 bridgehead atoms. The number of aromatic amines is 2. The molecule has 0 saturated heterocycles. The maximum Gasteiger partial charge on any atom is 0.407 e. The van der Waals surface area contributed by atoms with Gasteiger partial charge in [-0.25, -0.2) is 9.59 Å². The molecule has 4 N–H and O–H groups in total. The summed E-state index contributed by atoms with van der Waals surface area (Å²) < 4.78 is 10.4. The van der Waals surface area contributed by atoms with Crippen molar-refractivity contribution in [1.29, 1.82) is 0 Å². The topological polar surface area (TPSA) is 142 Å². The fourth-order valence-electron chi connectivity index (χ4n) is 4.82. The van der Waals surface area contributed by atoms with Gasteiger partial charge in [-0.05, 0) is 96.2 Å². The first-order valence-corrected chi connectivity index (χ1v) is 15.9. The number of aryl methyl sites for hydroxylation is 2. The Morgan fingerprint density at radius 3 is 1.57 bits per heavy atom. The molecule has 0 spiro atoms. The van der Waals surface area contributed by atoms with Gasteiger partial charge in [0.05, 0.1) is 13.1 Å². The van der Waals surface area contributed by atoms with E-state index in [1.54, 1.807) is 41.5 Å². The number of pyridine rings is 2. The molecule has 0 saturated carbocycles. The number of hydrogen-bond acceptors (Lipinski definition) is 6. The Labute approximate surface area is 289 Å². The van der Waals surface area contributed by atoms with Gasteiger partial charge in [-0.3, -0.25) is 9.59 Å². The number of H-pyrrole nitrogens is 2. The molecule has 2 amide bonds. The van der Waals surface area contributed by atoms with Crippen molar-refractivity contribution >= 4 is 12.2 Å². The van der Waals surface area contributed by atoms with Crippen molar-refractivity contribution < 1.29 is 19.1 Å². The van der Waals surface area contributed by atoms with E-state index in [0.717, 1.165) is 33.6 Å². The zero-order valence-electron chi connectivity index (χ0n) is 29.2. The summed E-state index contributed by atoms with van der Waals surface area (Å²) in [5.41, 5.74) is 5.23. The molecule has 0 radical (unpaired) electrons. The number of nitrogens with one attached hydrogen (secondary N) is 4. The number of rotatable bonds is 8. The lowest BCUT2D eigenvalue weighted by Crippen LogP contribution is -2.34. The van der Waals surface area contributed by atoms with Crippen LogP contribution in [0, 0.1) is 13.8 Å². The van der Waals surface area contributed by atoms with Gasteiger partial charge >= 0.3 is 12.2 Å². The maximum atomic E-state index is 12.3. The third-order valence-electron chi connectivity index (χ3n) is 6.87. The normalized spacial score (nSPS) is 10.9. The molecule has 49 heavy (non-hydrogen) atoms. The lowest BCUT2D eigenvalue weighted by molar-refractivity contribution is 0.0512. The Hall–Kier alpha value is -5.12. The van der Waals surface area contributed by atoms with Crippen LogP contribution in [0.4, 0.5) is 9.59 Å². The Balaban J connectivity index is 0.000000333. The van der Waals surface area contributed by atoms with E-state index < -0.39 is 23.4 Å². The third-order valence-corrected chi connectivity index (χ3v) is 6.87. The number of aromatic nitrogens is 2. The summed E-state index contributed by atoms with van der Waals surface area (Å²) in [6, 6.07) is 23.8. The molecule has 10 heteroatoms. The molecule has 2 aromatic carbocycles. The summed E-state index contributed by atoms with van der Waals surface area (Å²) in [5, 5.41) is 5.29. The monoisotopic (exact) mass is 672 g/mol. The Morgan fingerprint density at radius 2 is 1.10 bits per heavy atom. The second-order valence-electron chi connectivity index (χ2n) is 13.6. The van der Waals surface area contributed by atoms with Crippen LogP contribution < -0.4 is 21.8 Å². The number of carbonyl (C=O) groups excluding carboxylic acids is 2. The fourth-order valence-corrected chi connectivity index (χ4v) is 4.82. The van der Waals surface area contributed by atoms with Crippen molar-refractivity contribution in [3.05, 3.63) is 138 Å². The molecule has 0 atom stereocenters. The molecule has 0 unspecified atom stereocenters. The van der Waals surface area contributed by atoms with Gasteiger partial charge in [0.15, 0.2) is 0 Å². The van der Waals surface area contributed by atoms with E-state index >= 15 is 0 Å². The van der Waals surface area contributed by atoms with Gasteiger partial charge in [0.2, 0.25) is 0 Å². The van der Waals surface area contributed by atoms with Crippen LogP contribution in [0.3, 0.4) is 0 Å². The number of carbonyl (C=O) groups is 2. The van der Waals surface area contributed by atoms with Crippen molar-refractivity contribution in [2.75, 3.05) is 0 Å². The Kier molecular flexibility index (Phi) is 14.6. The van der Waals surface area contributed by atoms with Gasteiger partial charge in [0, 0.05) is 28.9 Å². The van der Waals surface area contributed by atoms with Crippen molar-refractivity contribution in [2.24, 2.45) is 0 Å². The van der Waals surface area contributed by atoms with Crippen LogP contribution in [0.15, 0.2) is 82.4 Å². The van der Waals surface area contributed by atoms with Gasteiger partial charge in [-0.1, -0.05) is 68.1 Å². The molecule has 10 nitrogen and oxygen atoms in total. The molecular weight excluding hydrogens is 620 g/mol. The summed E-state index contributed by atoms with van der Waals surface area (Å²) in [4.78, 5) is 53.8. The van der Waals surface area contributed by atoms with E-state index in [-0.39, 0.29) is 31.6 Å². The molecule has 0 aliphatic heterocycles. The van der Waals surface area contributed by atoms with Crippen LogP contribution in [0.2, 0.25) is 0 Å². The maximum absolute atomic E-state index is 12.3. The molecular formula is C39H52N4O6. The largest absolute Gasteiger partial charge is 0.444 e. The first-order chi connectivity index (χ1) is 22.5. The highest BCUT2D eigenvalue weighted by molar-refractivity contribution is 5.68. The summed E-state index contributed by atoms with van der Waals surface area (Å²) in [6.07, 6.45) is 0.232. The minimum Gasteiger partial charge on any atom is -0.444 e. The second-order valence-corrected chi connectivity index (χ2v) is 13.6. The number of amides is 2. The molecule has 4 aromatic rings. The summed E-state index contributed by atoms with van der Waals surface area (Å²) >= 11 is 0. The molecule has 4 rings (SSSR count).